The van der Waals surface area contributed by atoms with Crippen LogP contribution in [0.15, 0.2) is 6.20 Å². The second-order valence-electron chi connectivity index (χ2n) is 6.29. The van der Waals surface area contributed by atoms with E-state index in [1.54, 1.807) is 0 Å². The number of aryl methyl sites for hydroxylation is 1. The van der Waals surface area contributed by atoms with Crippen LogP contribution < -0.4 is 0 Å². The van der Waals surface area contributed by atoms with Gasteiger partial charge in [-0.3, -0.25) is 0 Å². The minimum absolute atomic E-state index is 0.237. The zero-order valence-electron chi connectivity index (χ0n) is 12.6. The molecular formula is C16H27N3O. The van der Waals surface area contributed by atoms with Gasteiger partial charge < -0.3 is 14.6 Å². The monoisotopic (exact) mass is 277 g/mol. The van der Waals surface area contributed by atoms with Crippen LogP contribution in [0, 0.1) is 0 Å². The number of hydrogen-bond donors (Lipinski definition) is 1. The van der Waals surface area contributed by atoms with Crippen LogP contribution in [0.25, 0.3) is 0 Å². The minimum atomic E-state index is 0.237. The summed E-state index contributed by atoms with van der Waals surface area (Å²) in [6, 6.07) is 0.665. The molecule has 1 aromatic rings. The molecule has 0 amide bonds. The number of rotatable bonds is 4. The number of likely N-dealkylation sites (tertiary alicyclic amines) is 1. The van der Waals surface area contributed by atoms with Gasteiger partial charge >= 0.3 is 0 Å². The molecule has 0 aliphatic carbocycles. The number of aliphatic hydroxyl groups is 1. The highest BCUT2D eigenvalue weighted by Crippen LogP contribution is 2.27. The first-order valence-corrected chi connectivity index (χ1v) is 8.22. The third-order valence-electron chi connectivity index (χ3n) is 4.99. The molecule has 4 heteroatoms. The zero-order valence-corrected chi connectivity index (χ0v) is 12.6. The van der Waals surface area contributed by atoms with Crippen LogP contribution in [0.3, 0.4) is 0 Å². The minimum Gasteiger partial charge on any atom is -0.396 e. The summed E-state index contributed by atoms with van der Waals surface area (Å²) in [5.74, 6) is 1.37. The van der Waals surface area contributed by atoms with Gasteiger partial charge in [0.1, 0.15) is 5.82 Å². The second kappa shape index (κ2) is 6.27. The van der Waals surface area contributed by atoms with Crippen LogP contribution in [-0.4, -0.2) is 45.3 Å². The average Bonchev–Trinajstić information content (AvgIpc) is 2.90. The molecular weight excluding hydrogens is 250 g/mol. The first kappa shape index (κ1) is 14.1. The predicted molar refractivity (Wildman–Crippen MR) is 79.9 cm³/mol. The Kier molecular flexibility index (Phi) is 4.41. The summed E-state index contributed by atoms with van der Waals surface area (Å²) in [5, 5.41) is 9.49. The van der Waals surface area contributed by atoms with E-state index in [0.29, 0.717) is 6.04 Å². The number of imidazole rings is 1. The topological polar surface area (TPSA) is 41.3 Å². The van der Waals surface area contributed by atoms with Crippen molar-refractivity contribution in [3.05, 3.63) is 17.7 Å². The third-order valence-corrected chi connectivity index (χ3v) is 4.99. The number of hydrogen-bond acceptors (Lipinski definition) is 3. The Hall–Kier alpha value is -0.870. The fraction of sp³-hybridized carbons (Fsp3) is 0.812. The van der Waals surface area contributed by atoms with Crippen molar-refractivity contribution in [2.45, 2.75) is 64.0 Å². The van der Waals surface area contributed by atoms with E-state index in [4.69, 9.17) is 4.98 Å². The maximum Gasteiger partial charge on any atom is 0.114 e. The van der Waals surface area contributed by atoms with Crippen LogP contribution in [-0.2, 0) is 13.0 Å². The fourth-order valence-electron chi connectivity index (χ4n) is 3.85. The SMILES string of the molecule is CCN1CCCCC1Cc1cn2c(n1)C(CO)CCC2. The molecule has 0 spiro atoms. The summed E-state index contributed by atoms with van der Waals surface area (Å²) in [6.07, 6.45) is 9.56. The summed E-state index contributed by atoms with van der Waals surface area (Å²) in [4.78, 5) is 7.44. The number of nitrogens with zero attached hydrogens (tertiary/aromatic N) is 3. The van der Waals surface area contributed by atoms with Gasteiger partial charge in [-0.05, 0) is 38.8 Å². The molecule has 1 N–H and O–H groups in total. The molecule has 2 atom stereocenters. The van der Waals surface area contributed by atoms with Crippen LogP contribution in [0.5, 0.6) is 0 Å². The second-order valence-corrected chi connectivity index (χ2v) is 6.29. The lowest BCUT2D eigenvalue weighted by Crippen LogP contribution is -2.40. The first-order valence-electron chi connectivity index (χ1n) is 8.22. The summed E-state index contributed by atoms with van der Waals surface area (Å²) in [7, 11) is 0. The number of aromatic nitrogens is 2. The highest BCUT2D eigenvalue weighted by Gasteiger charge is 2.25. The lowest BCUT2D eigenvalue weighted by atomic mass is 9.98. The molecule has 1 fully saturated rings. The lowest BCUT2D eigenvalue weighted by molar-refractivity contribution is 0.154. The van der Waals surface area contributed by atoms with Gasteiger partial charge in [-0.25, -0.2) is 4.98 Å². The number of fused-ring (bicyclic) bond motifs is 1. The van der Waals surface area contributed by atoms with Crippen molar-refractivity contribution in [1.82, 2.24) is 14.5 Å². The molecule has 2 aliphatic rings. The van der Waals surface area contributed by atoms with Crippen LogP contribution in [0.4, 0.5) is 0 Å². The molecule has 0 bridgehead atoms. The smallest absolute Gasteiger partial charge is 0.114 e. The van der Waals surface area contributed by atoms with Gasteiger partial charge in [0.05, 0.1) is 12.3 Å². The molecule has 3 rings (SSSR count). The predicted octanol–water partition coefficient (Wildman–Crippen LogP) is 2.17. The van der Waals surface area contributed by atoms with Gasteiger partial charge in [0.25, 0.3) is 0 Å². The van der Waals surface area contributed by atoms with Gasteiger partial charge in [0, 0.05) is 31.1 Å². The number of piperidine rings is 1. The summed E-state index contributed by atoms with van der Waals surface area (Å²) in [6.45, 7) is 5.96. The van der Waals surface area contributed by atoms with Gasteiger partial charge in [0.15, 0.2) is 0 Å². The van der Waals surface area contributed by atoms with Crippen molar-refractivity contribution in [3.8, 4) is 0 Å². The van der Waals surface area contributed by atoms with Crippen LogP contribution in [0.2, 0.25) is 0 Å². The molecule has 4 nitrogen and oxygen atoms in total. The Bertz CT molecular complexity index is 443. The molecule has 1 aromatic heterocycles. The van der Waals surface area contributed by atoms with Crippen molar-refractivity contribution >= 4 is 0 Å². The van der Waals surface area contributed by atoms with Crippen molar-refractivity contribution in [1.29, 1.82) is 0 Å². The van der Waals surface area contributed by atoms with E-state index in [-0.39, 0.29) is 12.5 Å². The van der Waals surface area contributed by atoms with E-state index in [2.05, 4.69) is 22.6 Å². The molecule has 3 heterocycles. The summed E-state index contributed by atoms with van der Waals surface area (Å²) >= 11 is 0. The number of aliphatic hydroxyl groups excluding tert-OH is 1. The molecule has 0 saturated carbocycles. The van der Waals surface area contributed by atoms with Gasteiger partial charge in [0.2, 0.25) is 0 Å². The molecule has 0 radical (unpaired) electrons. The van der Waals surface area contributed by atoms with E-state index >= 15 is 0 Å². The Morgan fingerprint density at radius 1 is 1.25 bits per heavy atom. The van der Waals surface area contributed by atoms with Crippen molar-refractivity contribution < 1.29 is 5.11 Å². The largest absolute Gasteiger partial charge is 0.396 e. The summed E-state index contributed by atoms with van der Waals surface area (Å²) < 4.78 is 2.28. The highest BCUT2D eigenvalue weighted by atomic mass is 16.3. The van der Waals surface area contributed by atoms with Crippen molar-refractivity contribution in [2.24, 2.45) is 0 Å². The average molecular weight is 277 g/mol. The lowest BCUT2D eigenvalue weighted by Gasteiger charge is -2.34. The molecule has 0 aromatic carbocycles. The summed E-state index contributed by atoms with van der Waals surface area (Å²) in [5.41, 5.74) is 1.23. The Balaban J connectivity index is 1.73. The maximum absolute atomic E-state index is 9.49. The number of likely N-dealkylation sites (N-methyl/N-ethyl adjacent to an activating group) is 1. The van der Waals surface area contributed by atoms with E-state index in [1.807, 2.05) is 0 Å². The molecule has 112 valence electrons. The van der Waals surface area contributed by atoms with Gasteiger partial charge in [-0.2, -0.15) is 0 Å². The molecule has 2 aliphatic heterocycles. The standard InChI is InChI=1S/C16H27N3O/c1-2-18-8-4-3-7-15(18)10-14-11-19-9-5-6-13(12-20)16(19)17-14/h11,13,15,20H,2-10,12H2,1H3. The van der Waals surface area contributed by atoms with E-state index in [9.17, 15) is 5.11 Å². The molecule has 2 unspecified atom stereocenters. The zero-order chi connectivity index (χ0) is 13.9. The van der Waals surface area contributed by atoms with Crippen molar-refractivity contribution in [3.63, 3.8) is 0 Å². The Labute approximate surface area is 121 Å². The fourth-order valence-corrected chi connectivity index (χ4v) is 3.85. The first-order chi connectivity index (χ1) is 9.81. The van der Waals surface area contributed by atoms with E-state index in [0.717, 1.165) is 31.8 Å². The van der Waals surface area contributed by atoms with Crippen LogP contribution >= 0.6 is 0 Å². The normalized spacial score (nSPS) is 27.5. The van der Waals surface area contributed by atoms with Gasteiger partial charge in [-0.15, -0.1) is 0 Å². The maximum atomic E-state index is 9.49. The Morgan fingerprint density at radius 3 is 2.95 bits per heavy atom. The quantitative estimate of drug-likeness (QED) is 0.917. The Morgan fingerprint density at radius 2 is 2.15 bits per heavy atom. The van der Waals surface area contributed by atoms with Gasteiger partial charge in [-0.1, -0.05) is 13.3 Å². The van der Waals surface area contributed by atoms with Crippen molar-refractivity contribution in [2.75, 3.05) is 19.7 Å². The van der Waals surface area contributed by atoms with Crippen LogP contribution in [0.1, 0.15) is 56.5 Å². The third kappa shape index (κ3) is 2.77. The van der Waals surface area contributed by atoms with E-state index < -0.39 is 0 Å². The highest BCUT2D eigenvalue weighted by molar-refractivity contribution is 5.12. The molecule has 1 saturated heterocycles. The van der Waals surface area contributed by atoms with E-state index in [1.165, 1.54) is 37.9 Å². The molecule has 20 heavy (non-hydrogen) atoms.